The van der Waals surface area contributed by atoms with Crippen LogP contribution in [-0.2, 0) is 11.0 Å². The van der Waals surface area contributed by atoms with E-state index in [9.17, 15) is 18.0 Å². The van der Waals surface area contributed by atoms with Crippen molar-refractivity contribution in [2.45, 2.75) is 31.5 Å². The minimum atomic E-state index is -4.34. The maximum atomic E-state index is 12.8. The first kappa shape index (κ1) is 17.1. The molecule has 2 atom stereocenters. The third-order valence-corrected chi connectivity index (χ3v) is 4.95. The highest BCUT2D eigenvalue weighted by atomic mass is 19.4. The molecule has 1 amide bonds. The van der Waals surface area contributed by atoms with E-state index in [-0.39, 0.29) is 17.9 Å². The van der Waals surface area contributed by atoms with E-state index in [1.165, 1.54) is 12.1 Å². The maximum Gasteiger partial charge on any atom is 0.416 e. The van der Waals surface area contributed by atoms with Gasteiger partial charge in [0.25, 0.3) is 0 Å². The lowest BCUT2D eigenvalue weighted by Crippen LogP contribution is -2.50. The number of benzene rings is 1. The van der Waals surface area contributed by atoms with E-state index >= 15 is 0 Å². The molecule has 0 radical (unpaired) electrons. The van der Waals surface area contributed by atoms with Gasteiger partial charge in [0.15, 0.2) is 0 Å². The predicted octanol–water partition coefficient (Wildman–Crippen LogP) is 2.48. The third-order valence-electron chi connectivity index (χ3n) is 4.95. The molecule has 1 aromatic rings. The summed E-state index contributed by atoms with van der Waals surface area (Å²) >= 11 is 0. The lowest BCUT2D eigenvalue weighted by molar-refractivity contribution is -0.137. The van der Waals surface area contributed by atoms with E-state index in [1.54, 1.807) is 6.07 Å². The first-order chi connectivity index (χ1) is 11.3. The Hall–Kier alpha value is -1.76. The number of rotatable bonds is 2. The van der Waals surface area contributed by atoms with E-state index in [4.69, 9.17) is 5.73 Å². The van der Waals surface area contributed by atoms with Crippen molar-refractivity contribution >= 4 is 11.6 Å². The van der Waals surface area contributed by atoms with Crippen LogP contribution in [0.3, 0.4) is 0 Å². The fraction of sp³-hybridized carbons (Fsp3) is 0.588. The molecule has 24 heavy (non-hydrogen) atoms. The number of piperazine rings is 1. The van der Waals surface area contributed by atoms with E-state index in [0.29, 0.717) is 31.9 Å². The van der Waals surface area contributed by atoms with Crippen LogP contribution in [0.5, 0.6) is 0 Å². The summed E-state index contributed by atoms with van der Waals surface area (Å²) in [5.74, 6) is 0.159. The van der Waals surface area contributed by atoms with Crippen LogP contribution in [-0.4, -0.2) is 43.0 Å². The van der Waals surface area contributed by atoms with Gasteiger partial charge in [-0.25, -0.2) is 0 Å². The van der Waals surface area contributed by atoms with Gasteiger partial charge in [-0.2, -0.15) is 13.2 Å². The lowest BCUT2D eigenvalue weighted by atomic mass is 10.1. The van der Waals surface area contributed by atoms with Crippen molar-refractivity contribution < 1.29 is 18.0 Å². The Kier molecular flexibility index (Phi) is 4.71. The molecule has 7 heteroatoms. The summed E-state index contributed by atoms with van der Waals surface area (Å²) < 4.78 is 38.5. The van der Waals surface area contributed by atoms with Crippen molar-refractivity contribution in [3.8, 4) is 0 Å². The topological polar surface area (TPSA) is 49.6 Å². The van der Waals surface area contributed by atoms with Crippen molar-refractivity contribution in [3.05, 3.63) is 29.8 Å². The molecular weight excluding hydrogens is 319 g/mol. The van der Waals surface area contributed by atoms with E-state index in [1.807, 2.05) is 9.80 Å². The van der Waals surface area contributed by atoms with Crippen molar-refractivity contribution in [2.75, 3.05) is 31.1 Å². The molecule has 4 nitrogen and oxygen atoms in total. The number of halogens is 3. The van der Waals surface area contributed by atoms with Crippen LogP contribution >= 0.6 is 0 Å². The number of hydrogen-bond donors (Lipinski definition) is 1. The Balaban J connectivity index is 1.60. The number of hydrogen-bond acceptors (Lipinski definition) is 3. The molecule has 0 aromatic heterocycles. The van der Waals surface area contributed by atoms with Gasteiger partial charge in [0.2, 0.25) is 5.91 Å². The van der Waals surface area contributed by atoms with Gasteiger partial charge < -0.3 is 15.5 Å². The van der Waals surface area contributed by atoms with Gasteiger partial charge in [-0.15, -0.1) is 0 Å². The zero-order chi connectivity index (χ0) is 17.3. The normalized spacial score (nSPS) is 25.2. The van der Waals surface area contributed by atoms with Crippen LogP contribution in [0.1, 0.15) is 24.8 Å². The Morgan fingerprint density at radius 2 is 1.83 bits per heavy atom. The van der Waals surface area contributed by atoms with Crippen molar-refractivity contribution in [3.63, 3.8) is 0 Å². The van der Waals surface area contributed by atoms with Gasteiger partial charge in [-0.3, -0.25) is 4.79 Å². The molecule has 1 heterocycles. The fourth-order valence-corrected chi connectivity index (χ4v) is 3.56. The Labute approximate surface area is 139 Å². The molecule has 1 saturated carbocycles. The Morgan fingerprint density at radius 3 is 2.42 bits per heavy atom. The fourth-order valence-electron chi connectivity index (χ4n) is 3.56. The van der Waals surface area contributed by atoms with Crippen LogP contribution in [0.4, 0.5) is 18.9 Å². The largest absolute Gasteiger partial charge is 0.416 e. The van der Waals surface area contributed by atoms with Crippen LogP contribution in [0.15, 0.2) is 24.3 Å². The van der Waals surface area contributed by atoms with Crippen molar-refractivity contribution in [1.82, 2.24) is 4.90 Å². The smallest absolute Gasteiger partial charge is 0.368 e. The average molecular weight is 341 g/mol. The first-order valence-electron chi connectivity index (χ1n) is 8.31. The second kappa shape index (κ2) is 6.63. The minimum Gasteiger partial charge on any atom is -0.368 e. The summed E-state index contributed by atoms with van der Waals surface area (Å²) in [5, 5.41) is 0. The molecular formula is C17H22F3N3O. The molecule has 1 aliphatic carbocycles. The third kappa shape index (κ3) is 3.66. The monoisotopic (exact) mass is 341 g/mol. The summed E-state index contributed by atoms with van der Waals surface area (Å²) in [6.07, 6.45) is -1.86. The van der Waals surface area contributed by atoms with Gasteiger partial charge >= 0.3 is 6.18 Å². The molecule has 2 aliphatic rings. The second-order valence-electron chi connectivity index (χ2n) is 6.63. The highest BCUT2D eigenvalue weighted by molar-refractivity contribution is 5.79. The molecule has 132 valence electrons. The van der Waals surface area contributed by atoms with Gasteiger partial charge in [-0.1, -0.05) is 6.07 Å². The number of amides is 1. The lowest BCUT2D eigenvalue weighted by Gasteiger charge is -2.37. The predicted molar refractivity (Wildman–Crippen MR) is 85.6 cm³/mol. The van der Waals surface area contributed by atoms with Crippen molar-refractivity contribution in [2.24, 2.45) is 11.7 Å². The number of nitrogens with zero attached hydrogens (tertiary/aromatic N) is 2. The molecule has 1 saturated heterocycles. The van der Waals surface area contributed by atoms with Gasteiger partial charge in [0, 0.05) is 43.8 Å². The zero-order valence-electron chi connectivity index (χ0n) is 13.4. The van der Waals surface area contributed by atoms with E-state index in [2.05, 4.69) is 0 Å². The van der Waals surface area contributed by atoms with Gasteiger partial charge in [-0.05, 0) is 37.5 Å². The highest BCUT2D eigenvalue weighted by Crippen LogP contribution is 2.32. The molecule has 0 spiro atoms. The molecule has 2 fully saturated rings. The van der Waals surface area contributed by atoms with E-state index < -0.39 is 11.7 Å². The number of carbonyl (C=O) groups excluding carboxylic acids is 1. The highest BCUT2D eigenvalue weighted by Gasteiger charge is 2.33. The number of alkyl halides is 3. The van der Waals surface area contributed by atoms with Crippen LogP contribution < -0.4 is 10.6 Å². The maximum absolute atomic E-state index is 12.8. The molecule has 3 rings (SSSR count). The summed E-state index contributed by atoms with van der Waals surface area (Å²) in [6, 6.07) is 5.48. The van der Waals surface area contributed by atoms with E-state index in [0.717, 1.165) is 25.3 Å². The van der Waals surface area contributed by atoms with Crippen LogP contribution in [0, 0.1) is 5.92 Å². The first-order valence-corrected chi connectivity index (χ1v) is 8.31. The number of anilines is 1. The molecule has 0 bridgehead atoms. The minimum absolute atomic E-state index is 0.0140. The second-order valence-corrected chi connectivity index (χ2v) is 6.63. The molecule has 1 unspecified atom stereocenters. The average Bonchev–Trinajstić information content (AvgIpc) is 3.00. The van der Waals surface area contributed by atoms with Crippen LogP contribution in [0.2, 0.25) is 0 Å². The van der Waals surface area contributed by atoms with Gasteiger partial charge in [0.1, 0.15) is 0 Å². The summed E-state index contributed by atoms with van der Waals surface area (Å²) in [6.45, 7) is 2.18. The summed E-state index contributed by atoms with van der Waals surface area (Å²) in [5.41, 5.74) is 5.78. The molecule has 2 N–H and O–H groups in total. The zero-order valence-corrected chi connectivity index (χ0v) is 13.4. The number of carbonyl (C=O) groups is 1. The summed E-state index contributed by atoms with van der Waals surface area (Å²) in [4.78, 5) is 16.2. The Morgan fingerprint density at radius 1 is 1.12 bits per heavy atom. The number of nitrogens with two attached hydrogens (primary N) is 1. The van der Waals surface area contributed by atoms with Gasteiger partial charge in [0.05, 0.1) is 5.56 Å². The quantitative estimate of drug-likeness (QED) is 0.899. The molecule has 1 aliphatic heterocycles. The SMILES string of the molecule is N[C@@H]1CCC(C(=O)N2CCN(c3cccc(C(F)(F)F)c3)CC2)C1. The van der Waals surface area contributed by atoms with Crippen LogP contribution in [0.25, 0.3) is 0 Å². The standard InChI is InChI=1S/C17H22F3N3O/c18-17(19,20)13-2-1-3-15(11-13)22-6-8-23(9-7-22)16(24)12-4-5-14(21)10-12/h1-3,11-12,14H,4-10,21H2/t12?,14-/m1/s1. The summed E-state index contributed by atoms with van der Waals surface area (Å²) in [7, 11) is 0. The Bertz CT molecular complexity index is 597. The van der Waals surface area contributed by atoms with Crippen molar-refractivity contribution in [1.29, 1.82) is 0 Å². The molecule has 1 aromatic carbocycles.